The summed E-state index contributed by atoms with van der Waals surface area (Å²) in [6, 6.07) is 18.0. The highest BCUT2D eigenvalue weighted by molar-refractivity contribution is 6.13. The molecule has 55 heavy (non-hydrogen) atoms. The van der Waals surface area contributed by atoms with E-state index < -0.39 is 10.8 Å². The van der Waals surface area contributed by atoms with Gasteiger partial charge in [-0.2, -0.15) is 0 Å². The number of fused-ring (bicyclic) bond motifs is 2. The summed E-state index contributed by atoms with van der Waals surface area (Å²) in [4.78, 5) is 42.9. The quantitative estimate of drug-likeness (QED) is 0.181. The monoisotopic (exact) mass is 738 g/mol. The molecule has 0 unspecified atom stereocenters. The van der Waals surface area contributed by atoms with Gasteiger partial charge in [-0.25, -0.2) is 14.7 Å². The van der Waals surface area contributed by atoms with Crippen LogP contribution in [-0.4, -0.2) is 37.0 Å². The Morgan fingerprint density at radius 2 is 1.00 bits per heavy atom. The van der Waals surface area contributed by atoms with E-state index in [0.29, 0.717) is 54.5 Å². The van der Waals surface area contributed by atoms with E-state index in [-0.39, 0.29) is 17.6 Å². The molecule has 0 saturated heterocycles. The molecule has 0 aliphatic carbocycles. The van der Waals surface area contributed by atoms with Crippen LogP contribution in [0.3, 0.4) is 0 Å². The summed E-state index contributed by atoms with van der Waals surface area (Å²) in [7, 11) is 0. The van der Waals surface area contributed by atoms with Gasteiger partial charge in [0.1, 0.15) is 12.0 Å². The number of anilines is 4. The molecule has 0 N–H and O–H groups in total. The van der Waals surface area contributed by atoms with Crippen LogP contribution in [0.25, 0.3) is 22.3 Å². The molecule has 0 spiro atoms. The Morgan fingerprint density at radius 1 is 0.564 bits per heavy atom. The van der Waals surface area contributed by atoms with Gasteiger partial charge < -0.3 is 15.6 Å². The molecule has 2 aliphatic rings. The van der Waals surface area contributed by atoms with Gasteiger partial charge in [-0.05, 0) is 81.1 Å². The second-order valence-electron chi connectivity index (χ2n) is 14.6. The molecular weight excluding hydrogens is 701 g/mol. The maximum atomic E-state index is 13.1. The third kappa shape index (κ3) is 6.22. The van der Waals surface area contributed by atoms with Crippen LogP contribution in [0, 0.1) is 43.3 Å². The standard InChI is InChI=1S/C20H19N5O3.C20H19N5O2/c1-12-5-8-18(22-25(12)28)24-17-9-14(15-10-21-13(2)23(27)11-15)6-7-16(17)20(3,4)19(24)26;1-12-5-8-18(23-25(12)27)24-17-9-14(15-10-21-13(2)22-11-15)6-7-16(17)20(3,4)19(24)26/h5-11H,1-4H3;5-11H,1-4H3. The highest BCUT2D eigenvalue weighted by atomic mass is 16.5. The minimum absolute atomic E-state index is 0.119. The Morgan fingerprint density at radius 3 is 1.44 bits per heavy atom. The number of aryl methyl sites for hydroxylation is 4. The van der Waals surface area contributed by atoms with Crippen molar-refractivity contribution in [3.05, 3.63) is 135 Å². The molecule has 2 amide bonds. The predicted octanol–water partition coefficient (Wildman–Crippen LogP) is 4.73. The molecule has 4 aromatic heterocycles. The molecule has 2 aliphatic heterocycles. The molecule has 0 radical (unpaired) electrons. The molecule has 0 saturated carbocycles. The number of aromatic nitrogens is 8. The van der Waals surface area contributed by atoms with Crippen molar-refractivity contribution in [2.24, 2.45) is 0 Å². The Balaban J connectivity index is 0.000000169. The summed E-state index contributed by atoms with van der Waals surface area (Å²) in [5.74, 6) is 1.33. The summed E-state index contributed by atoms with van der Waals surface area (Å²) < 4.78 is 0.706. The summed E-state index contributed by atoms with van der Waals surface area (Å²) in [5, 5.41) is 43.8. The van der Waals surface area contributed by atoms with Crippen LogP contribution < -0.4 is 24.2 Å². The van der Waals surface area contributed by atoms with Crippen LogP contribution in [0.2, 0.25) is 0 Å². The van der Waals surface area contributed by atoms with Crippen LogP contribution in [0.1, 0.15) is 61.9 Å². The van der Waals surface area contributed by atoms with Crippen LogP contribution >= 0.6 is 0 Å². The van der Waals surface area contributed by atoms with Gasteiger partial charge in [-0.3, -0.25) is 19.4 Å². The summed E-state index contributed by atoms with van der Waals surface area (Å²) in [5.41, 5.74) is 5.65. The van der Waals surface area contributed by atoms with E-state index in [4.69, 9.17) is 0 Å². The molecule has 0 bridgehead atoms. The zero-order valence-corrected chi connectivity index (χ0v) is 31.6. The number of hydrogen-bond acceptors (Lipinski definition) is 10. The second-order valence-corrected chi connectivity index (χ2v) is 14.6. The number of hydrogen-bond donors (Lipinski definition) is 0. The van der Waals surface area contributed by atoms with Gasteiger partial charge in [-0.15, -0.1) is 0 Å². The minimum atomic E-state index is -0.766. The van der Waals surface area contributed by atoms with Gasteiger partial charge in [0.15, 0.2) is 6.20 Å². The average Bonchev–Trinajstić information content (AvgIpc) is 3.48. The molecular formula is C40H38N10O5. The van der Waals surface area contributed by atoms with Crippen molar-refractivity contribution >= 4 is 34.8 Å². The SMILES string of the molecule is Cc1ncc(-c2ccc3c(c2)N(c2ccc(C)[n+]([O-])n2)C(=O)C3(C)C)c[n+]1[O-].Cc1ncc(-c2ccc3c(c2)N(c2ccc(C)[n+]([O-])n2)C(=O)C3(C)C)cn1. The van der Waals surface area contributed by atoms with Crippen LogP contribution in [0.5, 0.6) is 0 Å². The lowest BCUT2D eigenvalue weighted by molar-refractivity contribution is -0.674. The largest absolute Gasteiger partial charge is 0.711 e. The molecule has 6 aromatic rings. The first-order chi connectivity index (χ1) is 26.0. The van der Waals surface area contributed by atoms with Crippen molar-refractivity contribution in [1.29, 1.82) is 0 Å². The number of rotatable bonds is 4. The molecule has 2 aromatic carbocycles. The van der Waals surface area contributed by atoms with E-state index in [9.17, 15) is 25.2 Å². The lowest BCUT2D eigenvalue weighted by Crippen LogP contribution is -2.39. The van der Waals surface area contributed by atoms with E-state index in [1.54, 1.807) is 63.6 Å². The third-order valence-electron chi connectivity index (χ3n) is 10.1. The average molecular weight is 739 g/mol. The number of carbonyl (C=O) groups excluding carboxylic acids is 2. The first kappa shape index (κ1) is 36.5. The third-order valence-corrected chi connectivity index (χ3v) is 10.1. The van der Waals surface area contributed by atoms with E-state index in [0.717, 1.165) is 33.5 Å². The van der Waals surface area contributed by atoms with Crippen molar-refractivity contribution in [2.45, 2.75) is 66.2 Å². The summed E-state index contributed by atoms with van der Waals surface area (Å²) in [6.45, 7) is 14.2. The maximum absolute atomic E-state index is 13.1. The van der Waals surface area contributed by atoms with Crippen molar-refractivity contribution in [3.8, 4) is 22.3 Å². The van der Waals surface area contributed by atoms with E-state index >= 15 is 0 Å². The van der Waals surface area contributed by atoms with Gasteiger partial charge in [0.25, 0.3) is 5.82 Å². The first-order valence-corrected chi connectivity index (χ1v) is 17.5. The van der Waals surface area contributed by atoms with Crippen molar-refractivity contribution < 1.29 is 24.0 Å². The second kappa shape index (κ2) is 13.2. The smallest absolute Gasteiger partial charge is 0.298 e. The number of benzene rings is 2. The van der Waals surface area contributed by atoms with Crippen LogP contribution in [-0.2, 0) is 20.4 Å². The molecule has 6 heterocycles. The molecule has 15 heteroatoms. The number of amides is 2. The highest BCUT2D eigenvalue weighted by Gasteiger charge is 2.47. The number of nitrogens with zero attached hydrogens (tertiary/aromatic N) is 10. The van der Waals surface area contributed by atoms with Crippen molar-refractivity contribution in [1.82, 2.24) is 25.1 Å². The Bertz CT molecular complexity index is 2540. The fraction of sp³-hybridized carbons (Fsp3) is 0.250. The molecule has 0 fully saturated rings. The predicted molar refractivity (Wildman–Crippen MR) is 202 cm³/mol. The maximum Gasteiger partial charge on any atom is 0.298 e. The molecule has 15 nitrogen and oxygen atoms in total. The Labute approximate surface area is 317 Å². The Hall–Kier alpha value is -6.90. The zero-order valence-electron chi connectivity index (χ0n) is 31.6. The molecule has 0 atom stereocenters. The van der Waals surface area contributed by atoms with Gasteiger partial charge in [0, 0.05) is 61.1 Å². The van der Waals surface area contributed by atoms with Gasteiger partial charge >= 0.3 is 0 Å². The topological polar surface area (TPSA) is 186 Å². The van der Waals surface area contributed by atoms with Crippen LogP contribution in [0.15, 0.2) is 85.5 Å². The number of carbonyl (C=O) groups is 2. The fourth-order valence-corrected chi connectivity index (χ4v) is 6.64. The zero-order chi connectivity index (χ0) is 39.6. The normalized spacial score (nSPS) is 15.1. The van der Waals surface area contributed by atoms with E-state index in [1.807, 2.05) is 71.0 Å². The van der Waals surface area contributed by atoms with Gasteiger partial charge in [0.2, 0.25) is 34.8 Å². The summed E-state index contributed by atoms with van der Waals surface area (Å²) in [6.07, 6.45) is 6.58. The van der Waals surface area contributed by atoms with Gasteiger partial charge in [-0.1, -0.05) is 38.9 Å². The first-order valence-electron chi connectivity index (χ1n) is 17.5. The minimum Gasteiger partial charge on any atom is -0.711 e. The molecule has 278 valence electrons. The summed E-state index contributed by atoms with van der Waals surface area (Å²) >= 11 is 0. The molecule has 8 rings (SSSR count). The van der Waals surface area contributed by atoms with E-state index in [1.165, 1.54) is 16.0 Å². The lowest BCUT2D eigenvalue weighted by Gasteiger charge is -2.18. The van der Waals surface area contributed by atoms with Crippen molar-refractivity contribution in [3.63, 3.8) is 0 Å². The Kier molecular flexibility index (Phi) is 8.75. The lowest BCUT2D eigenvalue weighted by atomic mass is 9.85. The van der Waals surface area contributed by atoms with Crippen molar-refractivity contribution in [2.75, 3.05) is 9.80 Å². The highest BCUT2D eigenvalue weighted by Crippen LogP contribution is 2.47. The fourth-order valence-electron chi connectivity index (χ4n) is 6.64. The van der Waals surface area contributed by atoms with E-state index in [2.05, 4.69) is 25.1 Å². The van der Waals surface area contributed by atoms with Gasteiger partial charge in [0.05, 0.1) is 27.8 Å². The van der Waals surface area contributed by atoms with Crippen LogP contribution in [0.4, 0.5) is 23.0 Å².